The zero-order valence-corrected chi connectivity index (χ0v) is 17.8. The SMILES string of the molecule is CCSC1=NC2(CCN(C(=O)Nc3ccccc3)CC2)N=C1c1ccc(Cl)cc1. The highest BCUT2D eigenvalue weighted by Gasteiger charge is 2.40. The Bertz CT molecular complexity index is 935. The Labute approximate surface area is 180 Å². The van der Waals surface area contributed by atoms with Gasteiger partial charge in [0.15, 0.2) is 5.66 Å². The van der Waals surface area contributed by atoms with Gasteiger partial charge >= 0.3 is 6.03 Å². The van der Waals surface area contributed by atoms with Crippen LogP contribution in [0.25, 0.3) is 0 Å². The molecule has 1 saturated heterocycles. The summed E-state index contributed by atoms with van der Waals surface area (Å²) in [6.07, 6.45) is 1.44. The summed E-state index contributed by atoms with van der Waals surface area (Å²) in [7, 11) is 0. The van der Waals surface area contributed by atoms with Crippen LogP contribution < -0.4 is 5.32 Å². The van der Waals surface area contributed by atoms with Gasteiger partial charge in [-0.1, -0.05) is 48.9 Å². The van der Waals surface area contributed by atoms with E-state index in [1.165, 1.54) is 0 Å². The van der Waals surface area contributed by atoms with Crippen LogP contribution in [-0.4, -0.2) is 46.2 Å². The number of likely N-dealkylation sites (tertiary alicyclic amines) is 1. The summed E-state index contributed by atoms with van der Waals surface area (Å²) in [5, 5.41) is 4.65. The lowest BCUT2D eigenvalue weighted by Gasteiger charge is -2.35. The number of amides is 2. The van der Waals surface area contributed by atoms with E-state index in [-0.39, 0.29) is 6.03 Å². The summed E-state index contributed by atoms with van der Waals surface area (Å²) in [4.78, 5) is 24.5. The summed E-state index contributed by atoms with van der Waals surface area (Å²) < 4.78 is 0. The predicted octanol–water partition coefficient (Wildman–Crippen LogP) is 5.32. The highest BCUT2D eigenvalue weighted by atomic mass is 35.5. The molecular formula is C22H23ClN4OS. The largest absolute Gasteiger partial charge is 0.324 e. The molecule has 0 bridgehead atoms. The number of aliphatic imine (C=N–C) groups is 2. The maximum absolute atomic E-state index is 12.6. The predicted molar refractivity (Wildman–Crippen MR) is 123 cm³/mol. The minimum absolute atomic E-state index is 0.0712. The van der Waals surface area contributed by atoms with Crippen molar-refractivity contribution in [2.24, 2.45) is 9.98 Å². The van der Waals surface area contributed by atoms with Gasteiger partial charge in [-0.2, -0.15) is 0 Å². The standard InChI is InChI=1S/C22H23ClN4OS/c1-2-29-20-19(16-8-10-17(23)11-9-16)25-22(26-20)12-14-27(15-13-22)21(28)24-18-6-4-3-5-7-18/h3-11H,2,12-15H2,1H3,(H,24,28). The Balaban J connectivity index is 1.48. The van der Waals surface area contributed by atoms with Crippen molar-refractivity contribution in [2.45, 2.75) is 25.4 Å². The molecule has 2 heterocycles. The number of carbonyl (C=O) groups excluding carboxylic acids is 1. The van der Waals surface area contributed by atoms with Gasteiger partial charge in [0.05, 0.1) is 5.71 Å². The molecular weight excluding hydrogens is 404 g/mol. The summed E-state index contributed by atoms with van der Waals surface area (Å²) >= 11 is 7.76. The molecule has 150 valence electrons. The van der Waals surface area contributed by atoms with Crippen molar-refractivity contribution in [3.05, 3.63) is 65.2 Å². The Kier molecular flexibility index (Phi) is 5.92. The van der Waals surface area contributed by atoms with Crippen molar-refractivity contribution < 1.29 is 4.79 Å². The lowest BCUT2D eigenvalue weighted by Crippen LogP contribution is -2.46. The number of benzene rings is 2. The first-order valence-electron chi connectivity index (χ1n) is 9.78. The zero-order valence-electron chi connectivity index (χ0n) is 16.3. The summed E-state index contributed by atoms with van der Waals surface area (Å²) in [6.45, 7) is 3.38. The Morgan fingerprint density at radius 2 is 1.79 bits per heavy atom. The Hall–Kier alpha value is -2.31. The molecule has 0 saturated carbocycles. The Morgan fingerprint density at radius 1 is 1.10 bits per heavy atom. The van der Waals surface area contributed by atoms with Crippen LogP contribution in [0.5, 0.6) is 0 Å². The van der Waals surface area contributed by atoms with Crippen LogP contribution in [0.2, 0.25) is 5.02 Å². The van der Waals surface area contributed by atoms with Gasteiger partial charge in [0.25, 0.3) is 0 Å². The number of thioether (sulfide) groups is 1. The number of anilines is 1. The van der Waals surface area contributed by atoms with Gasteiger partial charge in [0.1, 0.15) is 5.04 Å². The molecule has 2 aromatic carbocycles. The molecule has 0 aliphatic carbocycles. The molecule has 0 radical (unpaired) electrons. The Morgan fingerprint density at radius 3 is 2.45 bits per heavy atom. The first-order valence-corrected chi connectivity index (χ1v) is 11.1. The van der Waals surface area contributed by atoms with E-state index in [1.807, 2.05) is 59.5 Å². The van der Waals surface area contributed by atoms with Crippen LogP contribution in [-0.2, 0) is 0 Å². The van der Waals surface area contributed by atoms with Gasteiger partial charge in [-0.15, -0.1) is 11.8 Å². The number of rotatable bonds is 3. The third-order valence-electron chi connectivity index (χ3n) is 5.11. The molecule has 1 N–H and O–H groups in total. The average molecular weight is 427 g/mol. The molecule has 0 unspecified atom stereocenters. The van der Waals surface area contributed by atoms with E-state index in [9.17, 15) is 4.79 Å². The number of hydrogen-bond acceptors (Lipinski definition) is 4. The van der Waals surface area contributed by atoms with Crippen molar-refractivity contribution in [2.75, 3.05) is 24.2 Å². The average Bonchev–Trinajstić information content (AvgIpc) is 3.08. The molecule has 2 aromatic rings. The highest BCUT2D eigenvalue weighted by Crippen LogP contribution is 2.35. The van der Waals surface area contributed by atoms with Crippen LogP contribution in [0.3, 0.4) is 0 Å². The van der Waals surface area contributed by atoms with Crippen LogP contribution in [0.1, 0.15) is 25.3 Å². The van der Waals surface area contributed by atoms with E-state index in [0.29, 0.717) is 18.1 Å². The molecule has 7 heteroatoms. The van der Waals surface area contributed by atoms with E-state index in [2.05, 4.69) is 12.2 Å². The number of carbonyl (C=O) groups is 1. The molecule has 2 aliphatic rings. The maximum atomic E-state index is 12.6. The molecule has 1 spiro atoms. The second-order valence-electron chi connectivity index (χ2n) is 7.08. The quantitative estimate of drug-likeness (QED) is 0.722. The summed E-state index contributed by atoms with van der Waals surface area (Å²) in [5.74, 6) is 0.938. The monoisotopic (exact) mass is 426 g/mol. The highest BCUT2D eigenvalue weighted by molar-refractivity contribution is 8.15. The topological polar surface area (TPSA) is 57.1 Å². The second kappa shape index (κ2) is 8.59. The van der Waals surface area contributed by atoms with E-state index in [1.54, 1.807) is 11.8 Å². The minimum Gasteiger partial charge on any atom is -0.324 e. The molecule has 4 rings (SSSR count). The number of piperidine rings is 1. The summed E-state index contributed by atoms with van der Waals surface area (Å²) in [6, 6.07) is 17.2. The van der Waals surface area contributed by atoms with Crippen molar-refractivity contribution in [1.82, 2.24) is 4.90 Å². The van der Waals surface area contributed by atoms with Gasteiger partial charge < -0.3 is 10.2 Å². The van der Waals surface area contributed by atoms with Crippen LogP contribution >= 0.6 is 23.4 Å². The molecule has 0 atom stereocenters. The van der Waals surface area contributed by atoms with Crippen molar-refractivity contribution in [3.63, 3.8) is 0 Å². The molecule has 2 amide bonds. The number of halogens is 1. The van der Waals surface area contributed by atoms with E-state index in [4.69, 9.17) is 21.6 Å². The fraction of sp³-hybridized carbons (Fsp3) is 0.318. The van der Waals surface area contributed by atoms with Crippen molar-refractivity contribution in [3.8, 4) is 0 Å². The van der Waals surface area contributed by atoms with Crippen LogP contribution in [0, 0.1) is 0 Å². The lowest BCUT2D eigenvalue weighted by molar-refractivity contribution is 0.175. The number of hydrogen-bond donors (Lipinski definition) is 1. The van der Waals surface area contributed by atoms with Gasteiger partial charge in [-0.25, -0.2) is 9.79 Å². The summed E-state index contributed by atoms with van der Waals surface area (Å²) in [5.41, 5.74) is 2.32. The van der Waals surface area contributed by atoms with Crippen molar-refractivity contribution in [1.29, 1.82) is 0 Å². The third kappa shape index (κ3) is 4.49. The van der Waals surface area contributed by atoms with Gasteiger partial charge in [-0.05, 0) is 30.0 Å². The molecule has 0 aromatic heterocycles. The molecule has 2 aliphatic heterocycles. The van der Waals surface area contributed by atoms with E-state index < -0.39 is 5.66 Å². The first-order chi connectivity index (χ1) is 14.1. The molecule has 29 heavy (non-hydrogen) atoms. The minimum atomic E-state index is -0.462. The number of nitrogens with one attached hydrogen (secondary N) is 1. The first kappa shape index (κ1) is 20.0. The molecule has 1 fully saturated rings. The zero-order chi connectivity index (χ0) is 20.3. The number of para-hydroxylation sites is 1. The van der Waals surface area contributed by atoms with Crippen LogP contribution in [0.4, 0.5) is 10.5 Å². The number of urea groups is 1. The fourth-order valence-electron chi connectivity index (χ4n) is 3.57. The van der Waals surface area contributed by atoms with Crippen LogP contribution in [0.15, 0.2) is 64.6 Å². The smallest absolute Gasteiger partial charge is 0.321 e. The second-order valence-corrected chi connectivity index (χ2v) is 8.77. The van der Waals surface area contributed by atoms with Crippen molar-refractivity contribution >= 4 is 45.8 Å². The van der Waals surface area contributed by atoms with E-state index in [0.717, 1.165) is 40.6 Å². The normalized spacial score (nSPS) is 17.8. The number of nitrogens with zero attached hydrogens (tertiary/aromatic N) is 3. The molecule has 5 nitrogen and oxygen atoms in total. The van der Waals surface area contributed by atoms with Gasteiger partial charge in [-0.3, -0.25) is 4.99 Å². The van der Waals surface area contributed by atoms with Gasteiger partial charge in [0, 0.05) is 42.2 Å². The third-order valence-corrected chi connectivity index (χ3v) is 6.21. The van der Waals surface area contributed by atoms with E-state index >= 15 is 0 Å². The fourth-order valence-corrected chi connectivity index (χ4v) is 4.51. The maximum Gasteiger partial charge on any atom is 0.321 e. The lowest BCUT2D eigenvalue weighted by atomic mass is 9.98. The van der Waals surface area contributed by atoms with Gasteiger partial charge in [0.2, 0.25) is 0 Å².